The fourth-order valence-corrected chi connectivity index (χ4v) is 6.03. The number of hydrogen-bond donors (Lipinski definition) is 1. The maximum Gasteiger partial charge on any atom is 0.310 e. The summed E-state index contributed by atoms with van der Waals surface area (Å²) in [6, 6.07) is 19.3. The Morgan fingerprint density at radius 3 is 2.73 bits per heavy atom. The first-order chi connectivity index (χ1) is 14.5. The normalized spacial score (nSPS) is 27.4. The molecular formula is C26H34N2O2. The van der Waals surface area contributed by atoms with Crippen LogP contribution in [-0.2, 0) is 21.4 Å². The summed E-state index contributed by atoms with van der Waals surface area (Å²) in [5.41, 5.74) is 9.77. The van der Waals surface area contributed by atoms with Gasteiger partial charge in [0.05, 0.1) is 13.0 Å². The van der Waals surface area contributed by atoms with E-state index in [1.165, 1.54) is 37.5 Å². The summed E-state index contributed by atoms with van der Waals surface area (Å²) in [5, 5.41) is 0. The van der Waals surface area contributed by atoms with Crippen molar-refractivity contribution in [2.45, 2.75) is 50.5 Å². The molecule has 0 radical (unpaired) electrons. The smallest absolute Gasteiger partial charge is 0.310 e. The molecule has 3 unspecified atom stereocenters. The summed E-state index contributed by atoms with van der Waals surface area (Å²) in [5.74, 6) is 0.304. The van der Waals surface area contributed by atoms with Gasteiger partial charge in [0, 0.05) is 23.7 Å². The van der Waals surface area contributed by atoms with Crippen molar-refractivity contribution in [3.63, 3.8) is 0 Å². The van der Waals surface area contributed by atoms with Crippen molar-refractivity contribution < 1.29 is 9.53 Å². The van der Waals surface area contributed by atoms with Gasteiger partial charge in [0.2, 0.25) is 0 Å². The molecule has 160 valence electrons. The number of carbonyl (C=O) groups is 1. The average molecular weight is 407 g/mol. The summed E-state index contributed by atoms with van der Waals surface area (Å²) in [4.78, 5) is 15.2. The number of ether oxygens (including phenoxy) is 1. The molecule has 2 aromatic rings. The van der Waals surface area contributed by atoms with Crippen LogP contribution in [0, 0.1) is 11.8 Å². The number of piperidine rings is 1. The molecule has 0 amide bonds. The van der Waals surface area contributed by atoms with Crippen LogP contribution in [0.4, 0.5) is 5.69 Å². The average Bonchev–Trinajstić information content (AvgIpc) is 2.75. The van der Waals surface area contributed by atoms with E-state index in [1.807, 2.05) is 24.3 Å². The van der Waals surface area contributed by atoms with Gasteiger partial charge in [-0.3, -0.25) is 9.69 Å². The number of hydrogen-bond acceptors (Lipinski definition) is 4. The zero-order chi connectivity index (χ0) is 21.1. The minimum Gasteiger partial charge on any atom is -0.469 e. The zero-order valence-electron chi connectivity index (χ0n) is 18.2. The van der Waals surface area contributed by atoms with E-state index in [-0.39, 0.29) is 17.3 Å². The number of nitrogen functional groups attached to an aromatic ring is 1. The molecule has 1 saturated heterocycles. The number of nitrogens with two attached hydrogens (primary N) is 1. The minimum absolute atomic E-state index is 0.102. The number of esters is 1. The maximum atomic E-state index is 12.6. The van der Waals surface area contributed by atoms with Gasteiger partial charge in [0.15, 0.2) is 0 Å². The van der Waals surface area contributed by atoms with Gasteiger partial charge in [-0.2, -0.15) is 0 Å². The molecule has 2 aliphatic rings. The quantitative estimate of drug-likeness (QED) is 0.569. The van der Waals surface area contributed by atoms with Gasteiger partial charge in [0.1, 0.15) is 0 Å². The van der Waals surface area contributed by atoms with Gasteiger partial charge in [-0.25, -0.2) is 0 Å². The van der Waals surface area contributed by atoms with Gasteiger partial charge < -0.3 is 10.5 Å². The van der Waals surface area contributed by atoms with Crippen LogP contribution in [0.25, 0.3) is 0 Å². The summed E-state index contributed by atoms with van der Waals surface area (Å²) in [6.45, 7) is 4.19. The Morgan fingerprint density at radius 1 is 1.20 bits per heavy atom. The van der Waals surface area contributed by atoms with Crippen LogP contribution in [0.5, 0.6) is 0 Å². The fourth-order valence-electron chi connectivity index (χ4n) is 6.03. The van der Waals surface area contributed by atoms with E-state index in [0.29, 0.717) is 12.0 Å². The van der Waals surface area contributed by atoms with E-state index in [0.717, 1.165) is 31.6 Å². The van der Waals surface area contributed by atoms with Crippen LogP contribution in [0.3, 0.4) is 0 Å². The van der Waals surface area contributed by atoms with Crippen molar-refractivity contribution in [3.8, 4) is 0 Å². The maximum absolute atomic E-state index is 12.6. The Morgan fingerprint density at radius 2 is 2.00 bits per heavy atom. The second-order valence-corrected chi connectivity index (χ2v) is 9.18. The third-order valence-corrected chi connectivity index (χ3v) is 7.66. The molecule has 4 heteroatoms. The first-order valence-electron chi connectivity index (χ1n) is 11.3. The zero-order valence-corrected chi connectivity index (χ0v) is 18.2. The number of nitrogens with zero attached hydrogens (tertiary/aromatic N) is 1. The Hall–Kier alpha value is -2.33. The Kier molecular flexibility index (Phi) is 6.14. The fraction of sp³-hybridized carbons (Fsp3) is 0.500. The first kappa shape index (κ1) is 20.9. The Balaban J connectivity index is 1.54. The molecule has 1 aliphatic carbocycles. The molecule has 2 aromatic carbocycles. The van der Waals surface area contributed by atoms with Crippen molar-refractivity contribution in [1.29, 1.82) is 0 Å². The van der Waals surface area contributed by atoms with Crippen LogP contribution in [0.15, 0.2) is 54.6 Å². The largest absolute Gasteiger partial charge is 0.469 e. The highest BCUT2D eigenvalue weighted by Gasteiger charge is 2.49. The molecule has 4 atom stereocenters. The van der Waals surface area contributed by atoms with Gasteiger partial charge >= 0.3 is 5.97 Å². The molecule has 2 fully saturated rings. The van der Waals surface area contributed by atoms with E-state index in [4.69, 9.17) is 10.5 Å². The Bertz CT molecular complexity index is 868. The number of likely N-dealkylation sites (tertiary alicyclic amines) is 1. The van der Waals surface area contributed by atoms with Crippen LogP contribution in [0.2, 0.25) is 0 Å². The number of anilines is 1. The van der Waals surface area contributed by atoms with Gasteiger partial charge in [-0.1, -0.05) is 55.8 Å². The Labute approximate surface area is 180 Å². The third-order valence-electron chi connectivity index (χ3n) is 7.66. The van der Waals surface area contributed by atoms with Gasteiger partial charge in [-0.15, -0.1) is 0 Å². The molecule has 2 N–H and O–H groups in total. The molecule has 1 heterocycles. The molecule has 1 saturated carbocycles. The summed E-state index contributed by atoms with van der Waals surface area (Å²) in [6.07, 6.45) is 5.50. The molecule has 0 spiro atoms. The highest BCUT2D eigenvalue weighted by molar-refractivity contribution is 5.73. The highest BCUT2D eigenvalue weighted by atomic mass is 16.5. The number of carbonyl (C=O) groups excluding carboxylic acids is 1. The number of benzene rings is 2. The summed E-state index contributed by atoms with van der Waals surface area (Å²) in [7, 11) is 1.50. The van der Waals surface area contributed by atoms with Gasteiger partial charge in [-0.05, 0) is 61.4 Å². The SMILES string of the molecule is COC(=O)C(Cc1ccccc1)CN1CCC2(c3cccc(N)c3)CCCC1[C@@H]2C. The third kappa shape index (κ3) is 3.98. The highest BCUT2D eigenvalue weighted by Crippen LogP contribution is 2.51. The van der Waals surface area contributed by atoms with Crippen molar-refractivity contribution in [1.82, 2.24) is 4.90 Å². The topological polar surface area (TPSA) is 55.6 Å². The second-order valence-electron chi connectivity index (χ2n) is 9.18. The van der Waals surface area contributed by atoms with E-state index in [1.54, 1.807) is 0 Å². The molecule has 1 aliphatic heterocycles. The molecule has 2 bridgehead atoms. The summed E-state index contributed by atoms with van der Waals surface area (Å²) >= 11 is 0. The number of methoxy groups -OCH3 is 1. The van der Waals surface area contributed by atoms with E-state index < -0.39 is 0 Å². The van der Waals surface area contributed by atoms with Crippen LogP contribution >= 0.6 is 0 Å². The lowest BCUT2D eigenvalue weighted by atomic mass is 9.57. The van der Waals surface area contributed by atoms with Crippen LogP contribution in [-0.4, -0.2) is 37.1 Å². The predicted octanol–water partition coefficient (Wildman–Crippen LogP) is 4.43. The van der Waals surface area contributed by atoms with Crippen molar-refractivity contribution >= 4 is 11.7 Å². The van der Waals surface area contributed by atoms with E-state index in [2.05, 4.69) is 42.2 Å². The van der Waals surface area contributed by atoms with E-state index >= 15 is 0 Å². The molecule has 4 rings (SSSR count). The lowest BCUT2D eigenvalue weighted by molar-refractivity contribution is -0.147. The standard InChI is InChI=1S/C26H34N2O2/c1-19-24-12-7-13-26(19,22-10-6-11-23(27)17-22)14-15-28(24)18-21(25(29)30-2)16-20-8-4-3-5-9-20/h3-6,8-11,17,19,21,24H,7,12-16,18,27H2,1-2H3/t19-,21?,24?,26?/m0/s1. The molecule has 0 aromatic heterocycles. The number of fused-ring (bicyclic) bond motifs is 2. The minimum atomic E-state index is -0.133. The lowest BCUT2D eigenvalue weighted by Crippen LogP contribution is -2.59. The van der Waals surface area contributed by atoms with Crippen molar-refractivity contribution in [3.05, 3.63) is 65.7 Å². The second kappa shape index (κ2) is 8.81. The van der Waals surface area contributed by atoms with Crippen molar-refractivity contribution in [2.75, 3.05) is 25.9 Å². The number of rotatable bonds is 6. The molecule has 4 nitrogen and oxygen atoms in total. The lowest BCUT2D eigenvalue weighted by Gasteiger charge is -2.56. The molecular weight excluding hydrogens is 372 g/mol. The van der Waals surface area contributed by atoms with E-state index in [9.17, 15) is 4.79 Å². The molecule has 30 heavy (non-hydrogen) atoms. The first-order valence-corrected chi connectivity index (χ1v) is 11.3. The van der Waals surface area contributed by atoms with Gasteiger partial charge in [0.25, 0.3) is 0 Å². The predicted molar refractivity (Wildman–Crippen MR) is 121 cm³/mol. The van der Waals surface area contributed by atoms with Crippen LogP contribution < -0.4 is 5.73 Å². The van der Waals surface area contributed by atoms with Crippen molar-refractivity contribution in [2.24, 2.45) is 11.8 Å². The summed E-state index contributed by atoms with van der Waals surface area (Å²) < 4.78 is 5.18. The monoisotopic (exact) mass is 406 g/mol. The van der Waals surface area contributed by atoms with Crippen LogP contribution in [0.1, 0.15) is 43.7 Å².